The average Bonchev–Trinajstić information content (AvgIpc) is 2.59. The van der Waals surface area contributed by atoms with Crippen molar-refractivity contribution in [1.82, 2.24) is 9.80 Å². The Bertz CT molecular complexity index is 651. The topological polar surface area (TPSA) is 90.0 Å². The summed E-state index contributed by atoms with van der Waals surface area (Å²) >= 11 is 0. The van der Waals surface area contributed by atoms with E-state index >= 15 is 0 Å². The fourth-order valence-corrected chi connectivity index (χ4v) is 2.62. The van der Waals surface area contributed by atoms with E-state index in [1.807, 2.05) is 0 Å². The molecule has 25 heavy (non-hydrogen) atoms. The minimum atomic E-state index is -0.243. The molecule has 1 fully saturated rings. The molecular formula is C17H22N4O4. The Morgan fingerprint density at radius 2 is 1.68 bits per heavy atom. The number of carbonyl (C=O) groups is 4. The van der Waals surface area contributed by atoms with Crippen LogP contribution in [0.5, 0.6) is 0 Å². The van der Waals surface area contributed by atoms with Gasteiger partial charge in [-0.25, -0.2) is 0 Å². The molecule has 134 valence electrons. The lowest BCUT2D eigenvalue weighted by Crippen LogP contribution is -2.51. The van der Waals surface area contributed by atoms with Gasteiger partial charge in [0.05, 0.1) is 0 Å². The highest BCUT2D eigenvalue weighted by molar-refractivity contribution is 5.98. The van der Waals surface area contributed by atoms with Gasteiger partial charge in [0, 0.05) is 51.4 Å². The van der Waals surface area contributed by atoms with E-state index in [-0.39, 0.29) is 24.3 Å². The van der Waals surface area contributed by atoms with Gasteiger partial charge < -0.3 is 20.0 Å². The van der Waals surface area contributed by atoms with Gasteiger partial charge in [0.15, 0.2) is 0 Å². The first-order valence-corrected chi connectivity index (χ1v) is 8.03. The lowest BCUT2D eigenvalue weighted by molar-refractivity contribution is -0.134. The van der Waals surface area contributed by atoms with Gasteiger partial charge in [0.2, 0.25) is 24.1 Å². The maximum absolute atomic E-state index is 12.5. The maximum Gasteiger partial charge on any atom is 0.242 e. The van der Waals surface area contributed by atoms with Crippen LogP contribution in [0.2, 0.25) is 0 Å². The lowest BCUT2D eigenvalue weighted by atomic mass is 10.2. The molecule has 0 bridgehead atoms. The van der Waals surface area contributed by atoms with Crippen molar-refractivity contribution in [3.8, 4) is 0 Å². The Kier molecular flexibility index (Phi) is 6.10. The molecule has 2 rings (SSSR count). The molecule has 1 aromatic carbocycles. The zero-order valence-electron chi connectivity index (χ0n) is 14.4. The first-order valence-electron chi connectivity index (χ1n) is 8.03. The molecule has 0 unspecified atom stereocenters. The van der Waals surface area contributed by atoms with Crippen LogP contribution < -0.4 is 10.2 Å². The molecule has 1 saturated heterocycles. The van der Waals surface area contributed by atoms with Gasteiger partial charge in [-0.05, 0) is 24.3 Å². The van der Waals surface area contributed by atoms with Gasteiger partial charge in [-0.1, -0.05) is 0 Å². The second-order valence-corrected chi connectivity index (χ2v) is 5.86. The van der Waals surface area contributed by atoms with Crippen LogP contribution in [-0.4, -0.2) is 66.7 Å². The van der Waals surface area contributed by atoms with Crippen molar-refractivity contribution in [1.29, 1.82) is 0 Å². The van der Waals surface area contributed by atoms with Crippen molar-refractivity contribution < 1.29 is 19.2 Å². The Labute approximate surface area is 146 Å². The summed E-state index contributed by atoms with van der Waals surface area (Å²) in [6.45, 7) is 4.69. The minimum absolute atomic E-state index is 0.0596. The van der Waals surface area contributed by atoms with Crippen LogP contribution in [0.3, 0.4) is 0 Å². The monoisotopic (exact) mass is 346 g/mol. The van der Waals surface area contributed by atoms with Gasteiger partial charge in [0.25, 0.3) is 0 Å². The normalized spacial score (nSPS) is 14.0. The first kappa shape index (κ1) is 18.4. The number of amides is 4. The number of hydrogen-bond acceptors (Lipinski definition) is 4. The van der Waals surface area contributed by atoms with Crippen molar-refractivity contribution in [2.45, 2.75) is 13.8 Å². The number of anilines is 2. The van der Waals surface area contributed by atoms with Crippen LogP contribution in [-0.2, 0) is 19.2 Å². The summed E-state index contributed by atoms with van der Waals surface area (Å²) in [5, 5.41) is 2.65. The number of hydrogen-bond donors (Lipinski definition) is 1. The van der Waals surface area contributed by atoms with E-state index in [9.17, 15) is 19.2 Å². The van der Waals surface area contributed by atoms with E-state index < -0.39 is 0 Å². The summed E-state index contributed by atoms with van der Waals surface area (Å²) in [5.74, 6) is -0.584. The van der Waals surface area contributed by atoms with Gasteiger partial charge >= 0.3 is 0 Å². The molecule has 0 atom stereocenters. The number of nitrogens with zero attached hydrogens (tertiary/aromatic N) is 3. The molecular weight excluding hydrogens is 324 g/mol. The molecule has 8 nitrogen and oxygen atoms in total. The molecule has 1 heterocycles. The Hall–Kier alpha value is -2.90. The molecule has 1 aliphatic rings. The van der Waals surface area contributed by atoms with E-state index in [4.69, 9.17) is 0 Å². The van der Waals surface area contributed by atoms with Crippen molar-refractivity contribution in [2.24, 2.45) is 0 Å². The van der Waals surface area contributed by atoms with E-state index in [0.29, 0.717) is 37.6 Å². The summed E-state index contributed by atoms with van der Waals surface area (Å²) in [6, 6.07) is 6.73. The van der Waals surface area contributed by atoms with E-state index in [1.165, 1.54) is 18.7 Å². The zero-order chi connectivity index (χ0) is 18.4. The molecule has 1 aliphatic heterocycles. The maximum atomic E-state index is 12.5. The van der Waals surface area contributed by atoms with Crippen LogP contribution in [0, 0.1) is 0 Å². The largest absolute Gasteiger partial charge is 0.342 e. The fourth-order valence-electron chi connectivity index (χ4n) is 2.62. The summed E-state index contributed by atoms with van der Waals surface area (Å²) in [4.78, 5) is 50.9. The minimum Gasteiger partial charge on any atom is -0.342 e. The molecule has 0 aliphatic carbocycles. The number of benzene rings is 1. The summed E-state index contributed by atoms with van der Waals surface area (Å²) in [5.41, 5.74) is 1.21. The molecule has 0 aromatic heterocycles. The van der Waals surface area contributed by atoms with E-state index in [1.54, 1.807) is 34.1 Å². The van der Waals surface area contributed by atoms with Crippen LogP contribution in [0.1, 0.15) is 13.8 Å². The third-order valence-corrected chi connectivity index (χ3v) is 3.99. The Morgan fingerprint density at radius 1 is 1.08 bits per heavy atom. The molecule has 4 amide bonds. The SMILES string of the molecule is CC(=O)Nc1ccc(N(CC(=O)N2CCN(C=O)CC2)C(C)=O)cc1. The van der Waals surface area contributed by atoms with E-state index in [2.05, 4.69) is 5.32 Å². The van der Waals surface area contributed by atoms with Crippen molar-refractivity contribution in [3.05, 3.63) is 24.3 Å². The van der Waals surface area contributed by atoms with Crippen molar-refractivity contribution >= 4 is 35.5 Å². The summed E-state index contributed by atoms with van der Waals surface area (Å²) < 4.78 is 0. The van der Waals surface area contributed by atoms with Crippen LogP contribution in [0.4, 0.5) is 11.4 Å². The highest BCUT2D eigenvalue weighted by atomic mass is 16.2. The third-order valence-electron chi connectivity index (χ3n) is 3.99. The standard InChI is InChI=1S/C17H22N4O4/c1-13(23)18-15-3-5-16(6-4-15)21(14(2)24)11-17(25)20-9-7-19(12-22)8-10-20/h3-6,12H,7-11H2,1-2H3,(H,18,23). The number of piperazine rings is 1. The van der Waals surface area contributed by atoms with Crippen molar-refractivity contribution in [3.63, 3.8) is 0 Å². The van der Waals surface area contributed by atoms with Gasteiger partial charge in [-0.15, -0.1) is 0 Å². The van der Waals surface area contributed by atoms with Crippen LogP contribution in [0.15, 0.2) is 24.3 Å². The molecule has 0 spiro atoms. The average molecular weight is 346 g/mol. The molecule has 1 N–H and O–H groups in total. The highest BCUT2D eigenvalue weighted by Gasteiger charge is 2.23. The molecule has 8 heteroatoms. The number of rotatable bonds is 5. The highest BCUT2D eigenvalue weighted by Crippen LogP contribution is 2.18. The zero-order valence-corrected chi connectivity index (χ0v) is 14.4. The third kappa shape index (κ3) is 5.03. The van der Waals surface area contributed by atoms with E-state index in [0.717, 1.165) is 6.41 Å². The van der Waals surface area contributed by atoms with Gasteiger partial charge in [0.1, 0.15) is 6.54 Å². The van der Waals surface area contributed by atoms with Gasteiger partial charge in [-0.2, -0.15) is 0 Å². The predicted octanol–water partition coefficient (Wildman–Crippen LogP) is 0.299. The Morgan fingerprint density at radius 3 is 2.16 bits per heavy atom. The first-order chi connectivity index (χ1) is 11.9. The smallest absolute Gasteiger partial charge is 0.242 e. The van der Waals surface area contributed by atoms with Crippen LogP contribution in [0.25, 0.3) is 0 Å². The molecule has 0 radical (unpaired) electrons. The Balaban J connectivity index is 2.03. The number of nitrogens with one attached hydrogen (secondary N) is 1. The predicted molar refractivity (Wildman–Crippen MR) is 93.0 cm³/mol. The van der Waals surface area contributed by atoms with Crippen LogP contribution >= 0.6 is 0 Å². The fraction of sp³-hybridized carbons (Fsp3) is 0.412. The number of carbonyl (C=O) groups excluding carboxylic acids is 4. The summed E-state index contributed by atoms with van der Waals surface area (Å²) in [6.07, 6.45) is 0.778. The summed E-state index contributed by atoms with van der Waals surface area (Å²) in [7, 11) is 0. The lowest BCUT2D eigenvalue weighted by Gasteiger charge is -2.34. The van der Waals surface area contributed by atoms with Crippen molar-refractivity contribution in [2.75, 3.05) is 42.9 Å². The second-order valence-electron chi connectivity index (χ2n) is 5.86. The molecule has 1 aromatic rings. The second kappa shape index (κ2) is 8.27. The molecule has 0 saturated carbocycles. The quantitative estimate of drug-likeness (QED) is 0.777. The van der Waals surface area contributed by atoms with Gasteiger partial charge in [-0.3, -0.25) is 19.2 Å².